The number of guanidine groups is 1. The molecule has 5 nitrogen and oxygen atoms in total. The Morgan fingerprint density at radius 2 is 2.18 bits per heavy atom. The summed E-state index contributed by atoms with van der Waals surface area (Å²) in [6.07, 6.45) is 11.0. The zero-order valence-corrected chi connectivity index (χ0v) is 14.3. The van der Waals surface area contributed by atoms with E-state index in [4.69, 9.17) is 4.99 Å². The minimum absolute atomic E-state index is 0.459. The van der Waals surface area contributed by atoms with Gasteiger partial charge in [-0.25, -0.2) is 4.98 Å². The van der Waals surface area contributed by atoms with Gasteiger partial charge in [-0.15, -0.1) is 0 Å². The summed E-state index contributed by atoms with van der Waals surface area (Å²) in [4.78, 5) is 8.91. The largest absolute Gasteiger partial charge is 0.357 e. The predicted octanol–water partition coefficient (Wildman–Crippen LogP) is 2.65. The van der Waals surface area contributed by atoms with Crippen LogP contribution in [-0.4, -0.2) is 35.1 Å². The van der Waals surface area contributed by atoms with Crippen LogP contribution in [0.2, 0.25) is 0 Å². The monoisotopic (exact) mass is 305 g/mol. The molecule has 0 unspecified atom stereocenters. The molecular formula is C17H31N5. The Bertz CT molecular complexity index is 446. The average Bonchev–Trinajstić information content (AvgIpc) is 2.94. The van der Waals surface area contributed by atoms with Crippen LogP contribution in [0, 0.1) is 11.3 Å². The number of hydrogen-bond donors (Lipinski definition) is 2. The first-order valence-corrected chi connectivity index (χ1v) is 8.61. The van der Waals surface area contributed by atoms with Crippen LogP contribution in [0.15, 0.2) is 23.7 Å². The number of imidazole rings is 1. The molecule has 1 aromatic heterocycles. The summed E-state index contributed by atoms with van der Waals surface area (Å²) < 4.78 is 2.07. The van der Waals surface area contributed by atoms with Crippen LogP contribution in [0.4, 0.5) is 0 Å². The third-order valence-corrected chi connectivity index (χ3v) is 4.39. The standard InChI is InChI=1S/C17H31N5/c1-4-19-16(20-9-11-22-10-8-18-14-22)21-13-17(6-5-7-17)12-15(2)3/h8,10,14-15H,4-7,9,11-13H2,1-3H3,(H2,19,20,21). The van der Waals surface area contributed by atoms with E-state index >= 15 is 0 Å². The number of nitrogens with zero attached hydrogens (tertiary/aromatic N) is 3. The van der Waals surface area contributed by atoms with Crippen LogP contribution in [0.25, 0.3) is 0 Å². The second-order valence-corrected chi connectivity index (χ2v) is 6.87. The summed E-state index contributed by atoms with van der Waals surface area (Å²) in [7, 11) is 0. The van der Waals surface area contributed by atoms with E-state index in [1.807, 2.05) is 18.7 Å². The molecule has 0 aromatic carbocycles. The molecule has 0 bridgehead atoms. The number of hydrogen-bond acceptors (Lipinski definition) is 2. The zero-order chi connectivity index (χ0) is 15.8. The van der Waals surface area contributed by atoms with Crippen molar-refractivity contribution < 1.29 is 0 Å². The fraction of sp³-hybridized carbons (Fsp3) is 0.765. The van der Waals surface area contributed by atoms with E-state index < -0.39 is 0 Å². The fourth-order valence-corrected chi connectivity index (χ4v) is 3.28. The van der Waals surface area contributed by atoms with Gasteiger partial charge in [0.15, 0.2) is 5.96 Å². The van der Waals surface area contributed by atoms with Gasteiger partial charge in [-0.05, 0) is 37.5 Å². The van der Waals surface area contributed by atoms with Crippen molar-refractivity contribution in [2.24, 2.45) is 16.3 Å². The number of nitrogens with one attached hydrogen (secondary N) is 2. The summed E-state index contributed by atoms with van der Waals surface area (Å²) in [5, 5.41) is 6.77. The first-order chi connectivity index (χ1) is 10.6. The van der Waals surface area contributed by atoms with Crippen LogP contribution < -0.4 is 10.6 Å². The van der Waals surface area contributed by atoms with Crippen LogP contribution in [0.1, 0.15) is 46.5 Å². The Labute approximate surface area is 134 Å². The van der Waals surface area contributed by atoms with Crippen LogP contribution in [-0.2, 0) is 6.54 Å². The smallest absolute Gasteiger partial charge is 0.191 e. The molecule has 2 rings (SSSR count). The normalized spacial score (nSPS) is 17.4. The fourth-order valence-electron chi connectivity index (χ4n) is 3.28. The maximum atomic E-state index is 4.85. The van der Waals surface area contributed by atoms with E-state index in [1.165, 1.54) is 25.7 Å². The molecule has 0 amide bonds. The number of rotatable bonds is 8. The Balaban J connectivity index is 1.83. The van der Waals surface area contributed by atoms with Crippen molar-refractivity contribution in [2.75, 3.05) is 19.6 Å². The van der Waals surface area contributed by atoms with Gasteiger partial charge in [0.1, 0.15) is 0 Å². The van der Waals surface area contributed by atoms with Crippen molar-refractivity contribution in [3.8, 4) is 0 Å². The molecule has 0 radical (unpaired) electrons. The van der Waals surface area contributed by atoms with Gasteiger partial charge in [-0.3, -0.25) is 4.99 Å². The Morgan fingerprint density at radius 3 is 2.73 bits per heavy atom. The quantitative estimate of drug-likeness (QED) is 0.573. The molecule has 1 aliphatic rings. The minimum atomic E-state index is 0.459. The molecule has 1 heterocycles. The number of aliphatic imine (C=N–C) groups is 1. The van der Waals surface area contributed by atoms with Gasteiger partial charge in [-0.2, -0.15) is 0 Å². The van der Waals surface area contributed by atoms with Crippen LogP contribution >= 0.6 is 0 Å². The van der Waals surface area contributed by atoms with E-state index in [9.17, 15) is 0 Å². The molecule has 1 fully saturated rings. The maximum Gasteiger partial charge on any atom is 0.191 e. The molecule has 1 aliphatic carbocycles. The summed E-state index contributed by atoms with van der Waals surface area (Å²) in [5.74, 6) is 1.70. The number of aromatic nitrogens is 2. The highest BCUT2D eigenvalue weighted by Crippen LogP contribution is 2.46. The second-order valence-electron chi connectivity index (χ2n) is 6.87. The predicted molar refractivity (Wildman–Crippen MR) is 91.9 cm³/mol. The van der Waals surface area contributed by atoms with Crippen molar-refractivity contribution in [3.05, 3.63) is 18.7 Å². The van der Waals surface area contributed by atoms with Gasteiger partial charge in [-0.1, -0.05) is 20.3 Å². The van der Waals surface area contributed by atoms with Crippen molar-refractivity contribution in [2.45, 2.75) is 53.0 Å². The lowest BCUT2D eigenvalue weighted by atomic mass is 9.64. The molecule has 5 heteroatoms. The first-order valence-electron chi connectivity index (χ1n) is 8.61. The summed E-state index contributed by atoms with van der Waals surface area (Å²) in [5.41, 5.74) is 0.459. The second kappa shape index (κ2) is 8.20. The Morgan fingerprint density at radius 1 is 1.36 bits per heavy atom. The molecule has 0 spiro atoms. The van der Waals surface area contributed by atoms with E-state index in [-0.39, 0.29) is 0 Å². The summed E-state index contributed by atoms with van der Waals surface area (Å²) in [6, 6.07) is 0. The lowest BCUT2D eigenvalue weighted by Gasteiger charge is -2.42. The lowest BCUT2D eigenvalue weighted by molar-refractivity contribution is 0.111. The lowest BCUT2D eigenvalue weighted by Crippen LogP contribution is -2.41. The van der Waals surface area contributed by atoms with Gasteiger partial charge < -0.3 is 15.2 Å². The molecule has 124 valence electrons. The van der Waals surface area contributed by atoms with Crippen LogP contribution in [0.3, 0.4) is 0 Å². The first kappa shape index (κ1) is 16.8. The van der Waals surface area contributed by atoms with E-state index in [0.29, 0.717) is 5.41 Å². The van der Waals surface area contributed by atoms with Gasteiger partial charge in [0.2, 0.25) is 0 Å². The SMILES string of the molecule is CCNC(=NCC1(CC(C)C)CCC1)NCCn1ccnc1. The van der Waals surface area contributed by atoms with E-state index in [2.05, 4.69) is 41.0 Å². The molecule has 0 aliphatic heterocycles. The van der Waals surface area contributed by atoms with Gasteiger partial charge >= 0.3 is 0 Å². The van der Waals surface area contributed by atoms with Gasteiger partial charge in [0, 0.05) is 38.6 Å². The third-order valence-electron chi connectivity index (χ3n) is 4.39. The topological polar surface area (TPSA) is 54.2 Å². The van der Waals surface area contributed by atoms with Crippen molar-refractivity contribution >= 4 is 5.96 Å². The van der Waals surface area contributed by atoms with E-state index in [0.717, 1.165) is 38.1 Å². The maximum absolute atomic E-state index is 4.85. The zero-order valence-electron chi connectivity index (χ0n) is 14.3. The highest BCUT2D eigenvalue weighted by Gasteiger charge is 2.37. The molecule has 0 saturated heterocycles. The van der Waals surface area contributed by atoms with Crippen molar-refractivity contribution in [1.29, 1.82) is 0 Å². The molecule has 0 atom stereocenters. The molecule has 2 N–H and O–H groups in total. The molecule has 1 saturated carbocycles. The molecule has 1 aromatic rings. The van der Waals surface area contributed by atoms with Crippen molar-refractivity contribution in [1.82, 2.24) is 20.2 Å². The van der Waals surface area contributed by atoms with E-state index in [1.54, 1.807) is 0 Å². The molecule has 22 heavy (non-hydrogen) atoms. The van der Waals surface area contributed by atoms with Gasteiger partial charge in [0.25, 0.3) is 0 Å². The summed E-state index contributed by atoms with van der Waals surface area (Å²) >= 11 is 0. The Kier molecular flexibility index (Phi) is 6.28. The summed E-state index contributed by atoms with van der Waals surface area (Å²) in [6.45, 7) is 10.4. The third kappa shape index (κ3) is 5.04. The highest BCUT2D eigenvalue weighted by molar-refractivity contribution is 5.79. The Hall–Kier alpha value is -1.52. The minimum Gasteiger partial charge on any atom is -0.357 e. The molecular weight excluding hydrogens is 274 g/mol. The average molecular weight is 305 g/mol. The van der Waals surface area contributed by atoms with Crippen LogP contribution in [0.5, 0.6) is 0 Å². The van der Waals surface area contributed by atoms with Gasteiger partial charge in [0.05, 0.1) is 6.33 Å². The van der Waals surface area contributed by atoms with Crippen molar-refractivity contribution in [3.63, 3.8) is 0 Å². The highest BCUT2D eigenvalue weighted by atomic mass is 15.2.